The summed E-state index contributed by atoms with van der Waals surface area (Å²) in [7, 11) is 0. The number of rotatable bonds is 5. The Balaban J connectivity index is 1.71. The van der Waals surface area contributed by atoms with Crippen molar-refractivity contribution in [3.63, 3.8) is 0 Å². The van der Waals surface area contributed by atoms with Crippen molar-refractivity contribution in [1.82, 2.24) is 5.32 Å². The average molecular weight is 437 g/mol. The molecular weight excluding hydrogens is 418 g/mol. The summed E-state index contributed by atoms with van der Waals surface area (Å²) in [6.45, 7) is 0.132. The minimum Gasteiger partial charge on any atom is -0.343 e. The first-order valence-corrected chi connectivity index (χ1v) is 9.36. The summed E-state index contributed by atoms with van der Waals surface area (Å²) in [5, 5.41) is 4.24. The SMILES string of the molecule is Cc1ccc(N2CC(C(=O)Nc3ccccc3C(=O)NCC(F)(F)F)CC2=O)c(F)c1. The van der Waals surface area contributed by atoms with Gasteiger partial charge in [-0.2, -0.15) is 13.2 Å². The lowest BCUT2D eigenvalue weighted by Gasteiger charge is -2.18. The van der Waals surface area contributed by atoms with E-state index in [9.17, 15) is 31.9 Å². The van der Waals surface area contributed by atoms with E-state index >= 15 is 0 Å². The summed E-state index contributed by atoms with van der Waals surface area (Å²) in [4.78, 5) is 38.3. The molecule has 6 nitrogen and oxygen atoms in total. The molecule has 0 aromatic heterocycles. The molecule has 1 fully saturated rings. The van der Waals surface area contributed by atoms with Crippen molar-refractivity contribution in [3.8, 4) is 0 Å². The zero-order valence-corrected chi connectivity index (χ0v) is 16.4. The van der Waals surface area contributed by atoms with Crippen molar-refractivity contribution in [1.29, 1.82) is 0 Å². The minimum absolute atomic E-state index is 0.0135. The fourth-order valence-electron chi connectivity index (χ4n) is 3.25. The number of nitrogens with zero attached hydrogens (tertiary/aromatic N) is 1. The fourth-order valence-corrected chi connectivity index (χ4v) is 3.25. The molecule has 0 saturated carbocycles. The molecule has 0 radical (unpaired) electrons. The van der Waals surface area contributed by atoms with Crippen molar-refractivity contribution < 1.29 is 31.9 Å². The maximum atomic E-state index is 14.2. The van der Waals surface area contributed by atoms with Gasteiger partial charge in [-0.15, -0.1) is 0 Å². The first-order valence-electron chi connectivity index (χ1n) is 9.36. The van der Waals surface area contributed by atoms with E-state index in [2.05, 4.69) is 5.32 Å². The van der Waals surface area contributed by atoms with Crippen LogP contribution in [0.1, 0.15) is 22.3 Å². The third kappa shape index (κ3) is 5.39. The standard InChI is InChI=1S/C21H19F4N3O3/c1-12-6-7-17(15(22)8-12)28-10-13(9-18(28)29)19(30)27-16-5-3-2-4-14(16)20(31)26-11-21(23,24)25/h2-8,13H,9-11H2,1H3,(H,26,31)(H,27,30). The number of hydrogen-bond donors (Lipinski definition) is 2. The molecular formula is C21H19F4N3O3. The molecule has 0 aliphatic carbocycles. The Morgan fingerprint density at radius 1 is 1.16 bits per heavy atom. The predicted molar refractivity (Wildman–Crippen MR) is 105 cm³/mol. The molecule has 3 amide bonds. The van der Waals surface area contributed by atoms with Crippen molar-refractivity contribution in [3.05, 3.63) is 59.4 Å². The summed E-state index contributed by atoms with van der Waals surface area (Å²) in [6, 6.07) is 9.98. The van der Waals surface area contributed by atoms with Gasteiger partial charge < -0.3 is 15.5 Å². The van der Waals surface area contributed by atoms with Crippen molar-refractivity contribution in [2.24, 2.45) is 5.92 Å². The van der Waals surface area contributed by atoms with Gasteiger partial charge in [0.25, 0.3) is 5.91 Å². The molecule has 2 aromatic rings. The van der Waals surface area contributed by atoms with Gasteiger partial charge in [-0.1, -0.05) is 18.2 Å². The van der Waals surface area contributed by atoms with Gasteiger partial charge in [0.05, 0.1) is 22.9 Å². The Labute approximate surface area is 175 Å². The van der Waals surface area contributed by atoms with E-state index in [0.717, 1.165) is 0 Å². The van der Waals surface area contributed by atoms with Crippen LogP contribution in [0.3, 0.4) is 0 Å². The lowest BCUT2D eigenvalue weighted by atomic mass is 10.1. The normalized spacial score (nSPS) is 16.4. The van der Waals surface area contributed by atoms with Crippen LogP contribution >= 0.6 is 0 Å². The summed E-state index contributed by atoms with van der Waals surface area (Å²) >= 11 is 0. The Hall–Kier alpha value is -3.43. The molecule has 1 atom stereocenters. The third-order valence-corrected chi connectivity index (χ3v) is 4.77. The number of nitrogens with one attached hydrogen (secondary N) is 2. The van der Waals surface area contributed by atoms with E-state index in [1.54, 1.807) is 18.3 Å². The molecule has 0 spiro atoms. The number of anilines is 2. The van der Waals surface area contributed by atoms with Crippen LogP contribution in [0.15, 0.2) is 42.5 Å². The molecule has 2 aromatic carbocycles. The lowest BCUT2D eigenvalue weighted by molar-refractivity contribution is -0.123. The topological polar surface area (TPSA) is 78.5 Å². The van der Waals surface area contributed by atoms with E-state index in [-0.39, 0.29) is 29.9 Å². The van der Waals surface area contributed by atoms with E-state index in [4.69, 9.17) is 0 Å². The third-order valence-electron chi connectivity index (χ3n) is 4.77. The number of carbonyl (C=O) groups excluding carboxylic acids is 3. The Bertz CT molecular complexity index is 1020. The number of para-hydroxylation sites is 1. The highest BCUT2D eigenvalue weighted by molar-refractivity contribution is 6.07. The quantitative estimate of drug-likeness (QED) is 0.704. The maximum absolute atomic E-state index is 14.2. The van der Waals surface area contributed by atoms with Gasteiger partial charge >= 0.3 is 6.18 Å². The molecule has 1 saturated heterocycles. The lowest BCUT2D eigenvalue weighted by Crippen LogP contribution is -2.34. The largest absolute Gasteiger partial charge is 0.405 e. The molecule has 1 unspecified atom stereocenters. The van der Waals surface area contributed by atoms with Crippen molar-refractivity contribution >= 4 is 29.1 Å². The minimum atomic E-state index is -4.58. The van der Waals surface area contributed by atoms with Gasteiger partial charge in [-0.3, -0.25) is 14.4 Å². The van der Waals surface area contributed by atoms with Crippen molar-refractivity contribution in [2.75, 3.05) is 23.3 Å². The fraction of sp³-hybridized carbons (Fsp3) is 0.286. The maximum Gasteiger partial charge on any atom is 0.405 e. The van der Waals surface area contributed by atoms with E-state index in [1.807, 2.05) is 0 Å². The van der Waals surface area contributed by atoms with Gasteiger partial charge in [-0.25, -0.2) is 4.39 Å². The molecule has 10 heteroatoms. The molecule has 2 N–H and O–H groups in total. The van der Waals surface area contributed by atoms with Crippen molar-refractivity contribution in [2.45, 2.75) is 19.5 Å². The average Bonchev–Trinajstić information content (AvgIpc) is 3.07. The first kappa shape index (κ1) is 22.3. The Morgan fingerprint density at radius 2 is 1.87 bits per heavy atom. The number of amides is 3. The zero-order valence-electron chi connectivity index (χ0n) is 16.4. The smallest absolute Gasteiger partial charge is 0.343 e. The number of halogens is 4. The van der Waals surface area contributed by atoms with Gasteiger partial charge in [0.1, 0.15) is 12.4 Å². The number of alkyl halides is 3. The molecule has 3 rings (SSSR count). The monoisotopic (exact) mass is 437 g/mol. The highest BCUT2D eigenvalue weighted by Gasteiger charge is 2.36. The van der Waals surface area contributed by atoms with Gasteiger partial charge in [0.15, 0.2) is 0 Å². The molecule has 1 aliphatic heterocycles. The van der Waals surface area contributed by atoms with Crippen LogP contribution in [-0.4, -0.2) is 37.0 Å². The highest BCUT2D eigenvalue weighted by Crippen LogP contribution is 2.29. The van der Waals surface area contributed by atoms with Crippen LogP contribution in [0.5, 0.6) is 0 Å². The molecule has 1 heterocycles. The second kappa shape index (κ2) is 8.75. The molecule has 0 bridgehead atoms. The van der Waals surface area contributed by atoms with Crippen LogP contribution in [0.25, 0.3) is 0 Å². The zero-order chi connectivity index (χ0) is 22.8. The highest BCUT2D eigenvalue weighted by atomic mass is 19.4. The second-order valence-corrected chi connectivity index (χ2v) is 7.19. The second-order valence-electron chi connectivity index (χ2n) is 7.19. The van der Waals surface area contributed by atoms with E-state index in [1.165, 1.54) is 41.3 Å². The Kier molecular flexibility index (Phi) is 6.28. The number of hydrogen-bond acceptors (Lipinski definition) is 3. The predicted octanol–water partition coefficient (Wildman–Crippen LogP) is 3.42. The summed E-state index contributed by atoms with van der Waals surface area (Å²) < 4.78 is 51.3. The van der Waals surface area contributed by atoms with Crippen LogP contribution in [0.4, 0.5) is 28.9 Å². The molecule has 31 heavy (non-hydrogen) atoms. The number of aryl methyl sites for hydroxylation is 1. The first-order chi connectivity index (χ1) is 14.5. The molecule has 1 aliphatic rings. The van der Waals surface area contributed by atoms with Crippen LogP contribution < -0.4 is 15.5 Å². The summed E-state index contributed by atoms with van der Waals surface area (Å²) in [6.07, 6.45) is -4.74. The van der Waals surface area contributed by atoms with Crippen LogP contribution in [-0.2, 0) is 9.59 Å². The van der Waals surface area contributed by atoms with Gasteiger partial charge in [-0.05, 0) is 36.8 Å². The van der Waals surface area contributed by atoms with E-state index in [0.29, 0.717) is 5.56 Å². The summed E-state index contributed by atoms with van der Waals surface area (Å²) in [5.74, 6) is -3.43. The van der Waals surface area contributed by atoms with E-state index < -0.39 is 42.2 Å². The number of benzene rings is 2. The van der Waals surface area contributed by atoms with Crippen LogP contribution in [0.2, 0.25) is 0 Å². The molecule has 164 valence electrons. The van der Waals surface area contributed by atoms with Gasteiger partial charge in [0, 0.05) is 13.0 Å². The Morgan fingerprint density at radius 3 is 2.55 bits per heavy atom. The summed E-state index contributed by atoms with van der Waals surface area (Å²) in [5.41, 5.74) is 0.617. The van der Waals surface area contributed by atoms with Gasteiger partial charge in [0.2, 0.25) is 11.8 Å². The number of carbonyl (C=O) groups is 3. The van der Waals surface area contributed by atoms with Crippen LogP contribution in [0, 0.1) is 18.7 Å².